The van der Waals surface area contributed by atoms with E-state index in [0.29, 0.717) is 35.4 Å². The molecule has 0 bridgehead atoms. The largest absolute Gasteiger partial charge is 0.394 e. The van der Waals surface area contributed by atoms with Gasteiger partial charge in [0, 0.05) is 16.4 Å². The molecular weight excluding hydrogens is 570 g/mol. The monoisotopic (exact) mass is 600 g/mol. The van der Waals surface area contributed by atoms with Crippen LogP contribution in [0, 0.1) is 11.6 Å². The summed E-state index contributed by atoms with van der Waals surface area (Å²) in [4.78, 5) is 0. The second-order valence-corrected chi connectivity index (χ2v) is 11.9. The van der Waals surface area contributed by atoms with Crippen LogP contribution in [-0.4, -0.2) is 92.1 Å². The highest BCUT2D eigenvalue weighted by Crippen LogP contribution is 2.42. The topological polar surface area (TPSA) is 152 Å². The Bertz CT molecular complexity index is 1490. The highest BCUT2D eigenvalue weighted by atomic mass is 32.2. The molecule has 2 fully saturated rings. The molecule has 11 nitrogen and oxygen atoms in total. The van der Waals surface area contributed by atoms with Crippen molar-refractivity contribution in [1.29, 1.82) is 0 Å². The second kappa shape index (κ2) is 12.1. The third kappa shape index (κ3) is 5.70. The van der Waals surface area contributed by atoms with Crippen molar-refractivity contribution >= 4 is 11.8 Å². The van der Waals surface area contributed by atoms with E-state index in [1.165, 1.54) is 40.7 Å². The van der Waals surface area contributed by atoms with Gasteiger partial charge in [0.25, 0.3) is 0 Å². The van der Waals surface area contributed by atoms with E-state index < -0.39 is 48.3 Å². The third-order valence-corrected chi connectivity index (χ3v) is 9.39. The lowest BCUT2D eigenvalue weighted by Gasteiger charge is -2.44. The molecule has 3 heterocycles. The van der Waals surface area contributed by atoms with E-state index in [4.69, 9.17) is 4.74 Å². The predicted molar refractivity (Wildman–Crippen MR) is 148 cm³/mol. The number of hydrogen-bond donors (Lipinski definition) is 4. The zero-order valence-corrected chi connectivity index (χ0v) is 23.1. The third-order valence-electron chi connectivity index (χ3n) is 7.87. The van der Waals surface area contributed by atoms with Crippen molar-refractivity contribution in [2.24, 2.45) is 0 Å². The van der Waals surface area contributed by atoms with Crippen LogP contribution in [0.2, 0.25) is 0 Å². The number of benzene rings is 2. The summed E-state index contributed by atoms with van der Waals surface area (Å²) in [6.45, 7) is -0.498. The van der Waals surface area contributed by atoms with Crippen LogP contribution in [0.15, 0.2) is 60.9 Å². The quantitative estimate of drug-likeness (QED) is 0.249. The molecule has 1 aliphatic carbocycles. The van der Waals surface area contributed by atoms with Gasteiger partial charge in [-0.1, -0.05) is 16.8 Å². The van der Waals surface area contributed by atoms with Crippen LogP contribution >= 0.6 is 11.8 Å². The number of aliphatic hydroxyl groups is 4. The van der Waals surface area contributed by atoms with E-state index in [-0.39, 0.29) is 17.1 Å². The fourth-order valence-corrected chi connectivity index (χ4v) is 7.11. The van der Waals surface area contributed by atoms with Gasteiger partial charge in [-0.25, -0.2) is 18.1 Å². The number of aromatic nitrogens is 6. The van der Waals surface area contributed by atoms with E-state index in [0.717, 1.165) is 6.42 Å². The van der Waals surface area contributed by atoms with Crippen molar-refractivity contribution in [2.75, 3.05) is 6.61 Å². The maximum Gasteiger partial charge on any atom is 0.132 e. The molecule has 1 saturated carbocycles. The summed E-state index contributed by atoms with van der Waals surface area (Å²) in [5.41, 5.74) is 1.38. The van der Waals surface area contributed by atoms with Crippen molar-refractivity contribution in [1.82, 2.24) is 30.0 Å². The first kappa shape index (κ1) is 28.8. The first-order valence-corrected chi connectivity index (χ1v) is 14.6. The lowest BCUT2D eigenvalue weighted by Crippen LogP contribution is -2.55. The van der Waals surface area contributed by atoms with Gasteiger partial charge >= 0.3 is 0 Å². The Balaban J connectivity index is 1.19. The molecule has 8 atom stereocenters. The number of rotatable bonds is 7. The van der Waals surface area contributed by atoms with Crippen LogP contribution in [-0.2, 0) is 4.74 Å². The van der Waals surface area contributed by atoms with Gasteiger partial charge in [-0.2, -0.15) is 0 Å². The molecule has 0 amide bonds. The smallest absolute Gasteiger partial charge is 0.132 e. The van der Waals surface area contributed by atoms with Gasteiger partial charge in [0.1, 0.15) is 52.8 Å². The molecule has 4 aromatic rings. The van der Waals surface area contributed by atoms with E-state index in [9.17, 15) is 29.2 Å². The van der Waals surface area contributed by atoms with Gasteiger partial charge in [0.2, 0.25) is 0 Å². The van der Waals surface area contributed by atoms with Crippen LogP contribution in [0.5, 0.6) is 0 Å². The molecule has 0 spiro atoms. The molecule has 2 aromatic carbocycles. The predicted octanol–water partition coefficient (Wildman–Crippen LogP) is 2.35. The summed E-state index contributed by atoms with van der Waals surface area (Å²) >= 11 is 1.23. The number of hydrogen-bond acceptors (Lipinski definition) is 10. The molecule has 2 aromatic heterocycles. The molecule has 8 unspecified atom stereocenters. The number of thioether (sulfide) groups is 1. The van der Waals surface area contributed by atoms with Crippen LogP contribution in [0.1, 0.15) is 31.3 Å². The molecular formula is C28H30F2N6O5S. The lowest BCUT2D eigenvalue weighted by atomic mass is 9.92. The lowest BCUT2D eigenvalue weighted by molar-refractivity contribution is -0.178. The molecule has 222 valence electrons. The van der Waals surface area contributed by atoms with Crippen molar-refractivity contribution in [2.45, 2.75) is 66.4 Å². The van der Waals surface area contributed by atoms with Crippen molar-refractivity contribution < 1.29 is 33.9 Å². The van der Waals surface area contributed by atoms with E-state index in [1.807, 2.05) is 0 Å². The fraction of sp³-hybridized carbons (Fsp3) is 0.429. The number of halogens is 2. The average Bonchev–Trinajstić information content (AvgIpc) is 3.67. The number of aliphatic hydroxyl groups excluding tert-OH is 4. The van der Waals surface area contributed by atoms with Gasteiger partial charge in [0.05, 0.1) is 31.1 Å². The van der Waals surface area contributed by atoms with Crippen LogP contribution in [0.25, 0.3) is 22.5 Å². The van der Waals surface area contributed by atoms with Crippen molar-refractivity contribution in [3.05, 3.63) is 72.6 Å². The van der Waals surface area contributed by atoms with E-state index in [2.05, 4.69) is 20.6 Å². The van der Waals surface area contributed by atoms with Gasteiger partial charge in [-0.15, -0.1) is 22.0 Å². The average molecular weight is 601 g/mol. The molecule has 14 heteroatoms. The summed E-state index contributed by atoms with van der Waals surface area (Å²) in [7, 11) is 0. The Labute approximate surface area is 243 Å². The maximum absolute atomic E-state index is 13.4. The van der Waals surface area contributed by atoms with Gasteiger partial charge in [-0.3, -0.25) is 0 Å². The van der Waals surface area contributed by atoms with Crippen LogP contribution in [0.3, 0.4) is 0 Å². The number of nitrogens with zero attached hydrogens (tertiary/aromatic N) is 6. The Morgan fingerprint density at radius 2 is 1.36 bits per heavy atom. The van der Waals surface area contributed by atoms with E-state index in [1.54, 1.807) is 41.3 Å². The summed E-state index contributed by atoms with van der Waals surface area (Å²) in [5.74, 6) is -0.743. The minimum atomic E-state index is -1.30. The van der Waals surface area contributed by atoms with Gasteiger partial charge in [0.15, 0.2) is 0 Å². The summed E-state index contributed by atoms with van der Waals surface area (Å²) in [5, 5.41) is 59.9. The second-order valence-electron chi connectivity index (χ2n) is 10.5. The first-order chi connectivity index (χ1) is 20.3. The molecule has 1 saturated heterocycles. The van der Waals surface area contributed by atoms with Crippen molar-refractivity contribution in [3.8, 4) is 22.5 Å². The molecule has 0 radical (unpaired) electrons. The van der Waals surface area contributed by atoms with Crippen LogP contribution in [0.4, 0.5) is 8.78 Å². The Kier molecular flexibility index (Phi) is 8.34. The van der Waals surface area contributed by atoms with Gasteiger partial charge < -0.3 is 25.2 Å². The molecule has 42 heavy (non-hydrogen) atoms. The Morgan fingerprint density at radius 3 is 1.95 bits per heavy atom. The van der Waals surface area contributed by atoms with Crippen LogP contribution < -0.4 is 0 Å². The highest BCUT2D eigenvalue weighted by molar-refractivity contribution is 8.00. The van der Waals surface area contributed by atoms with Gasteiger partial charge in [-0.05, 0) is 61.4 Å². The SMILES string of the molecule is OCC1OC(SC2CCCC(n3cc(-c4ccc(F)cc4)nn3)C2O)C(O)C(n2cc(-c3ccc(F)cc3)nn2)C1O. The maximum atomic E-state index is 13.4. The summed E-state index contributed by atoms with van der Waals surface area (Å²) in [6.07, 6.45) is 0.893. The molecule has 6 rings (SSSR count). The Hall–Kier alpha value is -3.27. The standard InChI is InChI=1S/C28H30F2N6O5S/c29-17-8-4-15(5-9-17)19-12-35(33-31-19)21-2-1-3-23(25(21)38)42-28-27(40)24(26(39)22(14-37)41-28)36-13-20(32-34-36)16-6-10-18(30)11-7-16/h4-13,21-28,37-40H,1-3,14H2. The minimum absolute atomic E-state index is 0.351. The molecule has 1 aliphatic heterocycles. The summed E-state index contributed by atoms with van der Waals surface area (Å²) < 4.78 is 35.6. The minimum Gasteiger partial charge on any atom is -0.394 e. The highest BCUT2D eigenvalue weighted by Gasteiger charge is 2.48. The zero-order valence-electron chi connectivity index (χ0n) is 22.3. The zero-order chi connectivity index (χ0) is 29.4. The fourth-order valence-electron chi connectivity index (χ4n) is 5.59. The number of ether oxygens (including phenoxy) is 1. The molecule has 4 N–H and O–H groups in total. The first-order valence-electron chi connectivity index (χ1n) is 13.6. The van der Waals surface area contributed by atoms with E-state index >= 15 is 0 Å². The summed E-state index contributed by atoms with van der Waals surface area (Å²) in [6, 6.07) is 10.2. The normalized spacial score (nSPS) is 30.0. The van der Waals surface area contributed by atoms with Crippen molar-refractivity contribution in [3.63, 3.8) is 0 Å². The Morgan fingerprint density at radius 1 is 0.786 bits per heavy atom. The molecule has 2 aliphatic rings.